The Balaban J connectivity index is 4.25. The zero-order chi connectivity index (χ0) is 57.8. The van der Waals surface area contributed by atoms with Crippen molar-refractivity contribution in [2.45, 2.75) is 406 Å². The summed E-state index contributed by atoms with van der Waals surface area (Å²) >= 11 is 0. The van der Waals surface area contributed by atoms with E-state index in [2.05, 4.69) is 57.2 Å². The van der Waals surface area contributed by atoms with Gasteiger partial charge in [0.15, 0.2) is 6.10 Å². The molecule has 1 unspecified atom stereocenters. The number of carbonyl (C=O) groups excluding carboxylic acids is 3. The second kappa shape index (κ2) is 69.1. The molecule has 6 nitrogen and oxygen atoms in total. The minimum Gasteiger partial charge on any atom is -0.462 e. The zero-order valence-electron chi connectivity index (χ0n) is 54.1. The molecule has 0 N–H and O–H groups in total. The highest BCUT2D eigenvalue weighted by molar-refractivity contribution is 5.71. The maximum absolute atomic E-state index is 13.0. The van der Waals surface area contributed by atoms with Crippen LogP contribution in [0.15, 0.2) is 36.5 Å². The van der Waals surface area contributed by atoms with Crippen LogP contribution >= 0.6 is 0 Å². The van der Waals surface area contributed by atoms with Crippen LogP contribution in [0, 0.1) is 0 Å². The second-order valence-corrected chi connectivity index (χ2v) is 24.5. The second-order valence-electron chi connectivity index (χ2n) is 24.5. The molecule has 0 radical (unpaired) electrons. The van der Waals surface area contributed by atoms with Crippen molar-refractivity contribution < 1.29 is 28.6 Å². The number of esters is 3. The van der Waals surface area contributed by atoms with E-state index in [4.69, 9.17) is 14.2 Å². The Morgan fingerprint density at radius 2 is 0.450 bits per heavy atom. The van der Waals surface area contributed by atoms with E-state index < -0.39 is 6.10 Å². The predicted molar refractivity (Wildman–Crippen MR) is 349 cm³/mol. The van der Waals surface area contributed by atoms with Gasteiger partial charge in [0.1, 0.15) is 13.2 Å². The van der Waals surface area contributed by atoms with Crippen LogP contribution in [0.4, 0.5) is 0 Å². The maximum atomic E-state index is 13.0. The van der Waals surface area contributed by atoms with E-state index >= 15 is 0 Å². The van der Waals surface area contributed by atoms with Crippen LogP contribution < -0.4 is 0 Å². The fourth-order valence-corrected chi connectivity index (χ4v) is 10.9. The van der Waals surface area contributed by atoms with Gasteiger partial charge in [0.05, 0.1) is 0 Å². The number of carbonyl (C=O) groups is 3. The summed E-state index contributed by atoms with van der Waals surface area (Å²) in [6.07, 6.45) is 86.0. The number of rotatable bonds is 67. The van der Waals surface area contributed by atoms with Crippen LogP contribution in [0.25, 0.3) is 0 Å². The van der Waals surface area contributed by atoms with Crippen molar-refractivity contribution in [3.63, 3.8) is 0 Å². The van der Waals surface area contributed by atoms with E-state index in [1.807, 2.05) is 0 Å². The van der Waals surface area contributed by atoms with E-state index in [-0.39, 0.29) is 31.1 Å². The monoisotopic (exact) mass is 1120 g/mol. The van der Waals surface area contributed by atoms with Crippen LogP contribution in [-0.4, -0.2) is 37.2 Å². The van der Waals surface area contributed by atoms with Gasteiger partial charge in [0.25, 0.3) is 0 Å². The number of hydrogen-bond donors (Lipinski definition) is 0. The minimum absolute atomic E-state index is 0.0670. The summed E-state index contributed by atoms with van der Waals surface area (Å²) < 4.78 is 17.0. The summed E-state index contributed by atoms with van der Waals surface area (Å²) in [4.78, 5) is 38.5. The zero-order valence-corrected chi connectivity index (χ0v) is 54.1. The standard InChI is InChI=1S/C74H138O6/c1-4-7-10-13-16-19-22-25-28-31-33-34-35-36-37-38-39-40-42-43-46-49-52-55-58-61-64-67-73(76)79-70-71(69-78-72(75)66-63-60-57-54-51-48-45-30-27-24-21-18-15-12-9-6-3)80-74(77)68-65-62-59-56-53-50-47-44-41-32-29-26-23-20-17-14-11-8-5-2/h22,25-26,29,31,33,71H,4-21,23-24,27-28,30,32,34-70H2,1-3H3/b25-22-,29-26-,33-31-. The average molecular weight is 1120 g/mol. The molecule has 0 aliphatic carbocycles. The van der Waals surface area contributed by atoms with Crippen molar-refractivity contribution in [1.82, 2.24) is 0 Å². The maximum Gasteiger partial charge on any atom is 0.306 e. The Kier molecular flexibility index (Phi) is 67.1. The lowest BCUT2D eigenvalue weighted by atomic mass is 10.0. The first kappa shape index (κ1) is 77.6. The number of unbranched alkanes of at least 4 members (excludes halogenated alkanes) is 50. The molecule has 470 valence electrons. The van der Waals surface area contributed by atoms with E-state index in [9.17, 15) is 14.4 Å². The summed E-state index contributed by atoms with van der Waals surface area (Å²) in [6, 6.07) is 0. The number of ether oxygens (including phenoxy) is 3. The van der Waals surface area contributed by atoms with Gasteiger partial charge in [-0.3, -0.25) is 14.4 Å². The Hall–Kier alpha value is -2.37. The normalized spacial score (nSPS) is 12.2. The average Bonchev–Trinajstić information content (AvgIpc) is 3.46. The molecule has 0 fully saturated rings. The third-order valence-electron chi connectivity index (χ3n) is 16.4. The first-order valence-corrected chi connectivity index (χ1v) is 36.0. The Morgan fingerprint density at radius 1 is 0.250 bits per heavy atom. The molecule has 0 aliphatic heterocycles. The summed E-state index contributed by atoms with van der Waals surface area (Å²) in [5.74, 6) is -0.838. The van der Waals surface area contributed by atoms with E-state index in [1.54, 1.807) is 0 Å². The van der Waals surface area contributed by atoms with Gasteiger partial charge < -0.3 is 14.2 Å². The van der Waals surface area contributed by atoms with Gasteiger partial charge in [-0.1, -0.05) is 340 Å². The number of allylic oxidation sites excluding steroid dienone is 6. The predicted octanol–water partition coefficient (Wildman–Crippen LogP) is 24.7. The lowest BCUT2D eigenvalue weighted by Gasteiger charge is -2.18. The Labute approximate surface area is 499 Å². The van der Waals surface area contributed by atoms with E-state index in [0.717, 1.165) is 64.2 Å². The third-order valence-corrected chi connectivity index (χ3v) is 16.4. The van der Waals surface area contributed by atoms with Gasteiger partial charge >= 0.3 is 17.9 Å². The molecule has 80 heavy (non-hydrogen) atoms. The van der Waals surface area contributed by atoms with Gasteiger partial charge in [0, 0.05) is 19.3 Å². The van der Waals surface area contributed by atoms with Crippen molar-refractivity contribution >= 4 is 17.9 Å². The number of hydrogen-bond acceptors (Lipinski definition) is 6. The van der Waals surface area contributed by atoms with E-state index in [0.29, 0.717) is 19.3 Å². The van der Waals surface area contributed by atoms with Gasteiger partial charge in [0.2, 0.25) is 0 Å². The van der Waals surface area contributed by atoms with Crippen LogP contribution in [0.1, 0.15) is 400 Å². The minimum atomic E-state index is -0.771. The molecule has 0 rings (SSSR count). The molecule has 0 aliphatic rings. The molecule has 0 amide bonds. The summed E-state index contributed by atoms with van der Waals surface area (Å²) in [5, 5.41) is 0. The summed E-state index contributed by atoms with van der Waals surface area (Å²) in [5.41, 5.74) is 0. The van der Waals surface area contributed by atoms with Crippen LogP contribution in [0.5, 0.6) is 0 Å². The molecular formula is C74H138O6. The molecule has 0 saturated heterocycles. The molecule has 0 aromatic rings. The van der Waals surface area contributed by atoms with Gasteiger partial charge in [-0.15, -0.1) is 0 Å². The highest BCUT2D eigenvalue weighted by Gasteiger charge is 2.19. The van der Waals surface area contributed by atoms with Crippen molar-refractivity contribution in [2.24, 2.45) is 0 Å². The molecule has 0 aromatic heterocycles. The quantitative estimate of drug-likeness (QED) is 0.0261. The smallest absolute Gasteiger partial charge is 0.306 e. The first-order valence-electron chi connectivity index (χ1n) is 36.0. The van der Waals surface area contributed by atoms with Crippen molar-refractivity contribution in [3.8, 4) is 0 Å². The highest BCUT2D eigenvalue weighted by atomic mass is 16.6. The first-order chi connectivity index (χ1) is 39.5. The third kappa shape index (κ3) is 66.4. The van der Waals surface area contributed by atoms with Crippen LogP contribution in [0.2, 0.25) is 0 Å². The van der Waals surface area contributed by atoms with Gasteiger partial charge in [-0.2, -0.15) is 0 Å². The highest BCUT2D eigenvalue weighted by Crippen LogP contribution is 2.18. The molecule has 0 bridgehead atoms. The molecule has 0 saturated carbocycles. The topological polar surface area (TPSA) is 78.9 Å². The summed E-state index contributed by atoms with van der Waals surface area (Å²) in [6.45, 7) is 6.70. The van der Waals surface area contributed by atoms with Crippen molar-refractivity contribution in [2.75, 3.05) is 13.2 Å². The van der Waals surface area contributed by atoms with Crippen molar-refractivity contribution in [1.29, 1.82) is 0 Å². The van der Waals surface area contributed by atoms with Crippen LogP contribution in [-0.2, 0) is 28.6 Å². The fourth-order valence-electron chi connectivity index (χ4n) is 10.9. The van der Waals surface area contributed by atoms with Gasteiger partial charge in [-0.25, -0.2) is 0 Å². The fraction of sp³-hybridized carbons (Fsp3) is 0.878. The lowest BCUT2D eigenvalue weighted by molar-refractivity contribution is -0.167. The Morgan fingerprint density at radius 3 is 0.700 bits per heavy atom. The van der Waals surface area contributed by atoms with Gasteiger partial charge in [-0.05, 0) is 77.0 Å². The van der Waals surface area contributed by atoms with Crippen molar-refractivity contribution in [3.05, 3.63) is 36.5 Å². The van der Waals surface area contributed by atoms with E-state index in [1.165, 1.54) is 295 Å². The summed E-state index contributed by atoms with van der Waals surface area (Å²) in [7, 11) is 0. The molecule has 0 heterocycles. The molecule has 0 aromatic carbocycles. The van der Waals surface area contributed by atoms with Crippen LogP contribution in [0.3, 0.4) is 0 Å². The molecule has 1 atom stereocenters. The Bertz CT molecular complexity index is 1340. The molecular weight excluding hydrogens is 985 g/mol. The molecule has 0 spiro atoms. The largest absolute Gasteiger partial charge is 0.462 e. The lowest BCUT2D eigenvalue weighted by Crippen LogP contribution is -2.30. The molecule has 6 heteroatoms. The SMILES string of the molecule is CCCCCCC/C=C\C/C=C\CCCCCCCCCCCCCCCCCC(=O)OCC(COC(=O)CCCCCCCCCCCCCCCCCC)OC(=O)CCCCCCCCCCC/C=C\CCCCCCCC.